The van der Waals surface area contributed by atoms with Gasteiger partial charge in [0.25, 0.3) is 0 Å². The van der Waals surface area contributed by atoms with E-state index in [0.29, 0.717) is 12.6 Å². The largest absolute Gasteiger partial charge is 0.497 e. The molecule has 0 radical (unpaired) electrons. The SMILES string of the molecule is COc1ccc(C(NCC2(CO)CCCC2)C2CC2)cc1. The third kappa shape index (κ3) is 3.41. The van der Waals surface area contributed by atoms with Crippen LogP contribution in [0.4, 0.5) is 0 Å². The van der Waals surface area contributed by atoms with Crippen molar-refractivity contribution in [2.45, 2.75) is 44.6 Å². The lowest BCUT2D eigenvalue weighted by Crippen LogP contribution is -2.37. The first-order valence-electron chi connectivity index (χ1n) is 8.24. The van der Waals surface area contributed by atoms with Crippen LogP contribution in [0.2, 0.25) is 0 Å². The van der Waals surface area contributed by atoms with Crippen molar-refractivity contribution in [3.8, 4) is 5.75 Å². The number of rotatable bonds is 7. The molecule has 0 amide bonds. The minimum Gasteiger partial charge on any atom is -0.497 e. The Balaban J connectivity index is 1.66. The van der Waals surface area contributed by atoms with Gasteiger partial charge in [0.05, 0.1) is 7.11 Å². The lowest BCUT2D eigenvalue weighted by Gasteiger charge is -2.30. The second-order valence-corrected chi connectivity index (χ2v) is 6.83. The fraction of sp³-hybridized carbons (Fsp3) is 0.667. The van der Waals surface area contributed by atoms with Crippen molar-refractivity contribution >= 4 is 0 Å². The van der Waals surface area contributed by atoms with Gasteiger partial charge in [-0.1, -0.05) is 25.0 Å². The van der Waals surface area contributed by atoms with Crippen LogP contribution in [0, 0.1) is 11.3 Å². The van der Waals surface area contributed by atoms with Crippen molar-refractivity contribution in [2.75, 3.05) is 20.3 Å². The van der Waals surface area contributed by atoms with Crippen LogP contribution in [0.15, 0.2) is 24.3 Å². The van der Waals surface area contributed by atoms with E-state index in [-0.39, 0.29) is 5.41 Å². The number of aliphatic hydroxyl groups excluding tert-OH is 1. The maximum absolute atomic E-state index is 9.77. The summed E-state index contributed by atoms with van der Waals surface area (Å²) in [5.74, 6) is 1.67. The molecule has 2 aliphatic carbocycles. The highest BCUT2D eigenvalue weighted by Crippen LogP contribution is 2.43. The molecular weight excluding hydrogens is 262 g/mol. The number of ether oxygens (including phenoxy) is 1. The normalized spacial score (nSPS) is 22.2. The highest BCUT2D eigenvalue weighted by atomic mass is 16.5. The summed E-state index contributed by atoms with van der Waals surface area (Å²) in [7, 11) is 1.71. The lowest BCUT2D eigenvalue weighted by atomic mass is 9.86. The average molecular weight is 289 g/mol. The van der Waals surface area contributed by atoms with E-state index in [0.717, 1.165) is 31.1 Å². The molecule has 1 unspecified atom stereocenters. The Labute approximate surface area is 127 Å². The van der Waals surface area contributed by atoms with Crippen molar-refractivity contribution in [3.63, 3.8) is 0 Å². The molecule has 3 heteroatoms. The predicted molar refractivity (Wildman–Crippen MR) is 84.4 cm³/mol. The molecule has 116 valence electrons. The van der Waals surface area contributed by atoms with Crippen molar-refractivity contribution < 1.29 is 9.84 Å². The van der Waals surface area contributed by atoms with Crippen LogP contribution in [-0.4, -0.2) is 25.4 Å². The first-order chi connectivity index (χ1) is 10.3. The standard InChI is InChI=1S/C18H27NO2/c1-21-16-8-6-15(7-9-16)17(14-4-5-14)19-12-18(13-20)10-2-3-11-18/h6-9,14,17,19-20H,2-5,10-13H2,1H3. The Morgan fingerprint density at radius 2 is 1.90 bits per heavy atom. The maximum Gasteiger partial charge on any atom is 0.118 e. The van der Waals surface area contributed by atoms with Crippen LogP contribution >= 0.6 is 0 Å². The fourth-order valence-corrected chi connectivity index (χ4v) is 3.64. The maximum atomic E-state index is 9.77. The van der Waals surface area contributed by atoms with E-state index in [1.807, 2.05) is 12.1 Å². The van der Waals surface area contributed by atoms with Gasteiger partial charge in [0.2, 0.25) is 0 Å². The third-order valence-corrected chi connectivity index (χ3v) is 5.26. The number of aliphatic hydroxyl groups is 1. The molecule has 0 aromatic heterocycles. The number of hydrogen-bond acceptors (Lipinski definition) is 3. The van der Waals surface area contributed by atoms with Gasteiger partial charge in [-0.15, -0.1) is 0 Å². The molecule has 0 spiro atoms. The molecule has 1 aromatic carbocycles. The van der Waals surface area contributed by atoms with E-state index in [2.05, 4.69) is 17.4 Å². The van der Waals surface area contributed by atoms with Crippen LogP contribution in [0.25, 0.3) is 0 Å². The molecule has 2 aliphatic rings. The summed E-state index contributed by atoms with van der Waals surface area (Å²) >= 11 is 0. The van der Waals surface area contributed by atoms with Crippen LogP contribution in [-0.2, 0) is 0 Å². The molecule has 2 fully saturated rings. The van der Waals surface area contributed by atoms with Crippen LogP contribution in [0.3, 0.4) is 0 Å². The van der Waals surface area contributed by atoms with Crippen LogP contribution in [0.5, 0.6) is 5.75 Å². The summed E-state index contributed by atoms with van der Waals surface area (Å²) in [4.78, 5) is 0. The molecule has 2 N–H and O–H groups in total. The summed E-state index contributed by atoms with van der Waals surface area (Å²) in [6, 6.07) is 8.87. The van der Waals surface area contributed by atoms with Crippen molar-refractivity contribution in [3.05, 3.63) is 29.8 Å². The molecule has 0 saturated heterocycles. The number of nitrogens with one attached hydrogen (secondary N) is 1. The average Bonchev–Trinajstić information content (AvgIpc) is 3.26. The summed E-state index contributed by atoms with van der Waals surface area (Å²) in [6.07, 6.45) is 7.48. The number of hydrogen-bond donors (Lipinski definition) is 2. The van der Waals surface area contributed by atoms with Crippen LogP contribution in [0.1, 0.15) is 50.1 Å². The van der Waals surface area contributed by atoms with Gasteiger partial charge in [0.1, 0.15) is 5.75 Å². The molecule has 1 atom stereocenters. The molecule has 0 bridgehead atoms. The van der Waals surface area contributed by atoms with E-state index in [1.165, 1.54) is 31.2 Å². The summed E-state index contributed by atoms with van der Waals surface area (Å²) in [5.41, 5.74) is 1.48. The summed E-state index contributed by atoms with van der Waals surface area (Å²) in [5, 5.41) is 13.5. The molecule has 3 rings (SSSR count). The molecule has 0 aliphatic heterocycles. The molecule has 2 saturated carbocycles. The van der Waals surface area contributed by atoms with Crippen molar-refractivity contribution in [1.82, 2.24) is 5.32 Å². The Hall–Kier alpha value is -1.06. The smallest absolute Gasteiger partial charge is 0.118 e. The van der Waals surface area contributed by atoms with Gasteiger partial charge in [-0.2, -0.15) is 0 Å². The first-order valence-corrected chi connectivity index (χ1v) is 8.24. The zero-order valence-corrected chi connectivity index (χ0v) is 13.0. The Kier molecular flexibility index (Phi) is 4.51. The minimum atomic E-state index is 0.125. The van der Waals surface area contributed by atoms with Gasteiger partial charge in [-0.05, 0) is 49.3 Å². The van der Waals surface area contributed by atoms with Crippen molar-refractivity contribution in [1.29, 1.82) is 0 Å². The van der Waals surface area contributed by atoms with Gasteiger partial charge >= 0.3 is 0 Å². The monoisotopic (exact) mass is 289 g/mol. The van der Waals surface area contributed by atoms with E-state index >= 15 is 0 Å². The second-order valence-electron chi connectivity index (χ2n) is 6.83. The summed E-state index contributed by atoms with van der Waals surface area (Å²) in [6.45, 7) is 1.26. The third-order valence-electron chi connectivity index (χ3n) is 5.26. The second kappa shape index (κ2) is 6.37. The fourth-order valence-electron chi connectivity index (χ4n) is 3.64. The Bertz CT molecular complexity index is 447. The van der Waals surface area contributed by atoms with Crippen LogP contribution < -0.4 is 10.1 Å². The van der Waals surface area contributed by atoms with Gasteiger partial charge in [0.15, 0.2) is 0 Å². The number of methoxy groups -OCH3 is 1. The van der Waals surface area contributed by atoms with Gasteiger partial charge in [0, 0.05) is 24.6 Å². The topological polar surface area (TPSA) is 41.5 Å². The zero-order valence-electron chi connectivity index (χ0n) is 13.0. The highest BCUT2D eigenvalue weighted by molar-refractivity contribution is 5.30. The van der Waals surface area contributed by atoms with E-state index in [9.17, 15) is 5.11 Å². The zero-order chi connectivity index (χ0) is 14.7. The minimum absolute atomic E-state index is 0.125. The van der Waals surface area contributed by atoms with E-state index in [4.69, 9.17) is 4.74 Å². The highest BCUT2D eigenvalue weighted by Gasteiger charge is 2.37. The van der Waals surface area contributed by atoms with E-state index in [1.54, 1.807) is 7.11 Å². The lowest BCUT2D eigenvalue weighted by molar-refractivity contribution is 0.123. The molecule has 1 aromatic rings. The predicted octanol–water partition coefficient (Wildman–Crippen LogP) is 3.29. The molecule has 3 nitrogen and oxygen atoms in total. The van der Waals surface area contributed by atoms with Gasteiger partial charge < -0.3 is 15.2 Å². The summed E-state index contributed by atoms with van der Waals surface area (Å²) < 4.78 is 5.25. The molecular formula is C18H27NO2. The van der Waals surface area contributed by atoms with Crippen molar-refractivity contribution in [2.24, 2.45) is 11.3 Å². The quantitative estimate of drug-likeness (QED) is 0.809. The first kappa shape index (κ1) is 14.9. The van der Waals surface area contributed by atoms with Gasteiger partial charge in [-0.3, -0.25) is 0 Å². The van der Waals surface area contributed by atoms with Gasteiger partial charge in [-0.25, -0.2) is 0 Å². The Morgan fingerprint density at radius 1 is 1.24 bits per heavy atom. The molecule has 0 heterocycles. The van der Waals surface area contributed by atoms with E-state index < -0.39 is 0 Å². The number of benzene rings is 1. The molecule has 21 heavy (non-hydrogen) atoms. The Morgan fingerprint density at radius 3 is 2.43 bits per heavy atom.